The fraction of sp³-hybridized carbons (Fsp3) is 0.0221. The average molecular weight is 1850 g/mol. The first-order chi connectivity index (χ1) is 71.7. The van der Waals surface area contributed by atoms with Gasteiger partial charge in [0.15, 0.2) is 17.5 Å². The maximum Gasteiger partial charge on any atom is 0.164 e. The number of fused-ring (bicyclic) bond motifs is 29. The van der Waals surface area contributed by atoms with Gasteiger partial charge in [0.2, 0.25) is 0 Å². The van der Waals surface area contributed by atoms with Crippen LogP contribution in [0.15, 0.2) is 502 Å². The standard InChI is InChI=1S/C53H33N5.C43H31N.C40H24N2O/c1-4-17-35(18-5-1)51-54-52(36-19-6-2-7-20-36)56-53(55-51)42-27-14-26-40-39(42)25-15-29-46(40)58-45-28-13-12-24-41(45)43-32-44-49(33-48(43)58)57(37-21-8-3-9-22-37)47-31-30-34-16-10-11-23-38(34)50(44)47;1-43(2)41-34(23-22-30-20-21-32(27-37(30)41)29-14-7-4-8-15-29)35-24-25-39-40(42(35)43)36-18-9-10-19-38(36)44(39)33-17-11-16-31(26-33)28-12-5-3-6-13-28;1-2-12-27(13-3-1)41-33-16-8-6-14-29(33)39-35(41)19-20-36-40(39)30-15-7-9-17-34(30)42(36)28-18-21-37-32(24-28)31-22-25-10-4-5-11-26(25)23-38(31)43-37/h1-33H;3-27H,1-2H3;1-24H. The van der Waals surface area contributed by atoms with E-state index >= 15 is 0 Å². The van der Waals surface area contributed by atoms with Crippen LogP contribution in [0.4, 0.5) is 0 Å². The van der Waals surface area contributed by atoms with E-state index in [-0.39, 0.29) is 5.41 Å². The molecular formula is C136H88N8O. The number of nitrogens with zero attached hydrogens (tertiary/aromatic N) is 8. The number of hydrogen-bond acceptors (Lipinski definition) is 4. The minimum atomic E-state index is -0.181. The van der Waals surface area contributed by atoms with Crippen molar-refractivity contribution in [3.63, 3.8) is 0 Å². The molecule has 0 amide bonds. The molecule has 7 aromatic heterocycles. The highest BCUT2D eigenvalue weighted by molar-refractivity contribution is 6.30. The Kier molecular flexibility index (Phi) is 18.9. The molecule has 678 valence electrons. The van der Waals surface area contributed by atoms with Crippen LogP contribution in [0.2, 0.25) is 0 Å². The van der Waals surface area contributed by atoms with Gasteiger partial charge in [-0.2, -0.15) is 0 Å². The van der Waals surface area contributed by atoms with E-state index in [1.165, 1.54) is 186 Å². The predicted molar refractivity (Wildman–Crippen MR) is 606 cm³/mol. The second kappa shape index (κ2) is 33.0. The summed E-state index contributed by atoms with van der Waals surface area (Å²) in [5.74, 6) is 1.93. The lowest BCUT2D eigenvalue weighted by molar-refractivity contribution is 0.669. The maximum atomic E-state index is 6.35. The van der Waals surface area contributed by atoms with Crippen LogP contribution in [0.25, 0.3) is 270 Å². The predicted octanol–water partition coefficient (Wildman–Crippen LogP) is 35.9. The van der Waals surface area contributed by atoms with Gasteiger partial charge in [-0.25, -0.2) is 15.0 Å². The van der Waals surface area contributed by atoms with Gasteiger partial charge in [0.1, 0.15) is 11.2 Å². The molecule has 23 aromatic carbocycles. The van der Waals surface area contributed by atoms with Gasteiger partial charge < -0.3 is 27.3 Å². The molecule has 9 heteroatoms. The molecule has 0 fully saturated rings. The van der Waals surface area contributed by atoms with E-state index in [9.17, 15) is 0 Å². The highest BCUT2D eigenvalue weighted by Crippen LogP contribution is 2.57. The Morgan fingerprint density at radius 3 is 1.22 bits per heavy atom. The van der Waals surface area contributed by atoms with Crippen LogP contribution in [0.5, 0.6) is 0 Å². The van der Waals surface area contributed by atoms with Crippen LogP contribution in [-0.4, -0.2) is 37.8 Å². The molecule has 0 radical (unpaired) electrons. The number of furan rings is 1. The van der Waals surface area contributed by atoms with Crippen molar-refractivity contribution in [1.82, 2.24) is 37.8 Å². The van der Waals surface area contributed by atoms with Crippen molar-refractivity contribution in [3.8, 4) is 96.0 Å². The van der Waals surface area contributed by atoms with Crippen LogP contribution < -0.4 is 0 Å². The normalized spacial score (nSPS) is 12.4. The largest absolute Gasteiger partial charge is 0.456 e. The van der Waals surface area contributed by atoms with E-state index < -0.39 is 0 Å². The molecule has 0 spiro atoms. The SMILES string of the molecule is CC1(C)c2c(ccc3ccc(-c4ccccc4)cc23)-c2ccc3c(c21)c1ccccc1n3-c1cccc(-c2ccccc2)c1.c1ccc(-c2nc(-c3ccccc3)nc(-c3cccc4c(-n5c6ccccc6c6cc7c8c9ccccc9ccc8n(-c8ccccc8)c7cc65)cccc34)n2)cc1.c1ccc(-n2c3ccccc3c3c4c5ccccc5n(-c5ccc6oc7cc8ccccc8cc7c6c5)c4ccc32)cc1. The summed E-state index contributed by atoms with van der Waals surface area (Å²) >= 11 is 0. The van der Waals surface area contributed by atoms with E-state index in [2.05, 4.69) is 473 Å². The third-order valence-electron chi connectivity index (χ3n) is 30.3. The number of rotatable bonds is 10. The van der Waals surface area contributed by atoms with E-state index in [4.69, 9.17) is 19.4 Å². The Hall–Kier alpha value is -19.1. The Morgan fingerprint density at radius 1 is 0.179 bits per heavy atom. The summed E-state index contributed by atoms with van der Waals surface area (Å²) in [6, 6.07) is 179. The second-order valence-electron chi connectivity index (χ2n) is 38.7. The van der Waals surface area contributed by atoms with Crippen LogP contribution in [0.1, 0.15) is 25.0 Å². The van der Waals surface area contributed by atoms with Crippen LogP contribution in [0.3, 0.4) is 0 Å². The van der Waals surface area contributed by atoms with E-state index in [0.717, 1.165) is 77.5 Å². The molecule has 145 heavy (non-hydrogen) atoms. The van der Waals surface area contributed by atoms with Gasteiger partial charge in [0.25, 0.3) is 0 Å². The van der Waals surface area contributed by atoms with Gasteiger partial charge in [-0.1, -0.05) is 372 Å². The van der Waals surface area contributed by atoms with Gasteiger partial charge in [0, 0.05) is 115 Å². The Balaban J connectivity index is 0.000000105. The van der Waals surface area contributed by atoms with Gasteiger partial charge >= 0.3 is 0 Å². The molecule has 1 aliphatic carbocycles. The molecule has 0 atom stereocenters. The summed E-state index contributed by atoms with van der Waals surface area (Å²) in [6.07, 6.45) is 0. The topological polar surface area (TPSA) is 76.5 Å². The van der Waals surface area contributed by atoms with Crippen molar-refractivity contribution in [2.75, 3.05) is 0 Å². The van der Waals surface area contributed by atoms with Gasteiger partial charge in [-0.3, -0.25) is 0 Å². The Labute approximate surface area is 834 Å². The quantitative estimate of drug-likeness (QED) is 0.137. The molecule has 30 aromatic rings. The Bertz CT molecular complexity index is 10500. The summed E-state index contributed by atoms with van der Waals surface area (Å²) in [7, 11) is 0. The van der Waals surface area contributed by atoms with Crippen LogP contribution in [-0.2, 0) is 5.41 Å². The molecule has 31 rings (SSSR count). The van der Waals surface area contributed by atoms with Gasteiger partial charge in [-0.15, -0.1) is 0 Å². The Morgan fingerprint density at radius 2 is 0.586 bits per heavy atom. The third kappa shape index (κ3) is 13.1. The maximum absolute atomic E-state index is 6.35. The zero-order valence-corrected chi connectivity index (χ0v) is 79.3. The summed E-state index contributed by atoms with van der Waals surface area (Å²) in [5.41, 5.74) is 32.7. The molecule has 0 N–H and O–H groups in total. The van der Waals surface area contributed by atoms with E-state index in [0.29, 0.717) is 17.5 Å². The first kappa shape index (κ1) is 82.9. The second-order valence-corrected chi connectivity index (χ2v) is 38.7. The van der Waals surface area contributed by atoms with Crippen LogP contribution in [0, 0.1) is 0 Å². The molecule has 1 aliphatic rings. The molecule has 0 aliphatic heterocycles. The first-order valence-corrected chi connectivity index (χ1v) is 49.8. The fourth-order valence-electron chi connectivity index (χ4n) is 24.0. The zero-order valence-electron chi connectivity index (χ0n) is 79.3. The van der Waals surface area contributed by atoms with Crippen molar-refractivity contribution < 1.29 is 4.42 Å². The molecule has 0 saturated carbocycles. The number of aromatic nitrogens is 8. The van der Waals surface area contributed by atoms with Crippen molar-refractivity contribution in [3.05, 3.63) is 509 Å². The lowest BCUT2D eigenvalue weighted by atomic mass is 9.78. The minimum Gasteiger partial charge on any atom is -0.456 e. The monoisotopic (exact) mass is 1850 g/mol. The number of para-hydroxylation sites is 6. The molecule has 0 unspecified atom stereocenters. The fourth-order valence-corrected chi connectivity index (χ4v) is 24.0. The minimum absolute atomic E-state index is 0.181. The number of benzene rings is 23. The van der Waals surface area contributed by atoms with Gasteiger partial charge in [-0.05, 0) is 222 Å². The molecule has 0 saturated heterocycles. The third-order valence-corrected chi connectivity index (χ3v) is 30.3. The molecule has 9 nitrogen and oxygen atoms in total. The van der Waals surface area contributed by atoms with Crippen molar-refractivity contribution in [2.24, 2.45) is 0 Å². The smallest absolute Gasteiger partial charge is 0.164 e. The molecule has 0 bridgehead atoms. The van der Waals surface area contributed by atoms with E-state index in [1.807, 2.05) is 60.7 Å². The molecule has 7 heterocycles. The lowest BCUT2D eigenvalue weighted by Gasteiger charge is -2.24. The van der Waals surface area contributed by atoms with Crippen molar-refractivity contribution >= 4 is 174 Å². The highest BCUT2D eigenvalue weighted by atomic mass is 16.3. The number of hydrogen-bond donors (Lipinski definition) is 0. The summed E-state index contributed by atoms with van der Waals surface area (Å²) in [6.45, 7) is 4.85. The summed E-state index contributed by atoms with van der Waals surface area (Å²) < 4.78 is 18.5. The van der Waals surface area contributed by atoms with Gasteiger partial charge in [0.05, 0.1) is 60.9 Å². The lowest BCUT2D eigenvalue weighted by Crippen LogP contribution is -2.16. The highest BCUT2D eigenvalue weighted by Gasteiger charge is 2.40. The van der Waals surface area contributed by atoms with Crippen molar-refractivity contribution in [1.29, 1.82) is 0 Å². The zero-order chi connectivity index (χ0) is 95.6. The average Bonchev–Trinajstić information content (AvgIpc) is 1.53. The first-order valence-electron chi connectivity index (χ1n) is 49.8. The van der Waals surface area contributed by atoms with E-state index in [1.54, 1.807) is 0 Å². The molecular weight excluding hydrogens is 1760 g/mol. The van der Waals surface area contributed by atoms with Crippen LogP contribution >= 0.6 is 0 Å². The summed E-state index contributed by atoms with van der Waals surface area (Å²) in [4.78, 5) is 15.2. The summed E-state index contributed by atoms with van der Waals surface area (Å²) in [5, 5.41) is 24.7. The van der Waals surface area contributed by atoms with Crippen molar-refractivity contribution in [2.45, 2.75) is 19.3 Å².